The van der Waals surface area contributed by atoms with Gasteiger partial charge in [0.05, 0.1) is 21.3 Å². The predicted octanol–water partition coefficient (Wildman–Crippen LogP) is 3.12. The summed E-state index contributed by atoms with van der Waals surface area (Å²) in [6.07, 6.45) is 2.19. The highest BCUT2D eigenvalue weighted by molar-refractivity contribution is 5.92. The molecule has 0 radical (unpaired) electrons. The summed E-state index contributed by atoms with van der Waals surface area (Å²) in [4.78, 5) is 14.5. The molecule has 1 aliphatic rings. The van der Waals surface area contributed by atoms with Crippen molar-refractivity contribution in [2.75, 3.05) is 39.7 Å². The van der Waals surface area contributed by atoms with E-state index in [4.69, 9.17) is 14.2 Å². The second kappa shape index (κ2) is 8.77. The number of rotatable bonds is 6. The molecule has 1 aliphatic heterocycles. The summed E-state index contributed by atoms with van der Waals surface area (Å²) in [7, 11) is 4.67. The number of hydrogen-bond acceptors (Lipinski definition) is 7. The van der Waals surface area contributed by atoms with Crippen LogP contribution in [0.25, 0.3) is 0 Å². The van der Waals surface area contributed by atoms with Crippen molar-refractivity contribution in [1.29, 1.82) is 0 Å². The molecule has 3 rings (SSSR count). The molecule has 0 aliphatic carbocycles. The molecule has 0 spiro atoms. The Hall–Kier alpha value is -3.03. The number of amides is 1. The SMILES string of the molecule is COc1cc(Nc2ccc(C(=O)N3CCCC(C)C3)nn2)cc(OC)c1OC. The molecule has 8 nitrogen and oxygen atoms in total. The third kappa shape index (κ3) is 4.27. The summed E-state index contributed by atoms with van der Waals surface area (Å²) < 4.78 is 16.0. The number of carbonyl (C=O) groups is 1. The number of nitrogens with zero attached hydrogens (tertiary/aromatic N) is 3. The van der Waals surface area contributed by atoms with Gasteiger partial charge in [0.2, 0.25) is 5.75 Å². The van der Waals surface area contributed by atoms with Gasteiger partial charge in [0, 0.05) is 30.9 Å². The molecule has 2 aromatic rings. The van der Waals surface area contributed by atoms with Crippen LogP contribution in [0.4, 0.5) is 11.5 Å². The molecule has 1 aromatic heterocycles. The standard InChI is InChI=1S/C20H26N4O4/c1-13-6-5-9-24(12-13)20(25)15-7-8-18(23-22-15)21-14-10-16(26-2)19(28-4)17(11-14)27-3/h7-8,10-11,13H,5-6,9,12H2,1-4H3,(H,21,23). The first kappa shape index (κ1) is 19.7. The number of aromatic nitrogens is 2. The number of likely N-dealkylation sites (tertiary alicyclic amines) is 1. The number of piperidine rings is 1. The molecule has 1 aromatic carbocycles. The maximum atomic E-state index is 12.6. The molecule has 1 fully saturated rings. The maximum Gasteiger partial charge on any atom is 0.274 e. The van der Waals surface area contributed by atoms with Gasteiger partial charge in [0.15, 0.2) is 23.0 Å². The Balaban J connectivity index is 1.75. The third-order valence-electron chi connectivity index (χ3n) is 4.77. The van der Waals surface area contributed by atoms with E-state index in [-0.39, 0.29) is 5.91 Å². The van der Waals surface area contributed by atoms with Crippen LogP contribution in [0.1, 0.15) is 30.3 Å². The number of methoxy groups -OCH3 is 3. The van der Waals surface area contributed by atoms with Crippen LogP contribution in [-0.2, 0) is 0 Å². The van der Waals surface area contributed by atoms with Gasteiger partial charge in [-0.25, -0.2) is 0 Å². The van der Waals surface area contributed by atoms with E-state index in [1.807, 2.05) is 4.90 Å². The van der Waals surface area contributed by atoms with Crippen molar-refractivity contribution in [2.45, 2.75) is 19.8 Å². The van der Waals surface area contributed by atoms with Crippen LogP contribution in [0, 0.1) is 5.92 Å². The quantitative estimate of drug-likeness (QED) is 0.816. The Labute approximate surface area is 164 Å². The average Bonchev–Trinajstić information content (AvgIpc) is 2.73. The van der Waals surface area contributed by atoms with Gasteiger partial charge in [-0.3, -0.25) is 4.79 Å². The lowest BCUT2D eigenvalue weighted by Crippen LogP contribution is -2.39. The Kier molecular flexibility index (Phi) is 6.18. The average molecular weight is 386 g/mol. The highest BCUT2D eigenvalue weighted by atomic mass is 16.5. The van der Waals surface area contributed by atoms with Crippen LogP contribution in [0.15, 0.2) is 24.3 Å². The zero-order chi connectivity index (χ0) is 20.1. The second-order valence-electron chi connectivity index (χ2n) is 6.84. The highest BCUT2D eigenvalue weighted by Gasteiger charge is 2.23. The van der Waals surface area contributed by atoms with E-state index in [0.29, 0.717) is 40.4 Å². The lowest BCUT2D eigenvalue weighted by atomic mass is 10.00. The number of ether oxygens (including phenoxy) is 3. The van der Waals surface area contributed by atoms with Gasteiger partial charge in [-0.15, -0.1) is 10.2 Å². The monoisotopic (exact) mass is 386 g/mol. The molecular weight excluding hydrogens is 360 g/mol. The molecule has 2 heterocycles. The molecule has 1 atom stereocenters. The summed E-state index contributed by atoms with van der Waals surface area (Å²) in [5.41, 5.74) is 1.05. The lowest BCUT2D eigenvalue weighted by molar-refractivity contribution is 0.0676. The molecule has 150 valence electrons. The topological polar surface area (TPSA) is 85.8 Å². The fourth-order valence-electron chi connectivity index (χ4n) is 3.35. The number of anilines is 2. The second-order valence-corrected chi connectivity index (χ2v) is 6.84. The lowest BCUT2D eigenvalue weighted by Gasteiger charge is -2.30. The zero-order valence-electron chi connectivity index (χ0n) is 16.7. The molecule has 0 saturated carbocycles. The zero-order valence-corrected chi connectivity index (χ0v) is 16.7. The maximum absolute atomic E-state index is 12.6. The van der Waals surface area contributed by atoms with Crippen molar-refractivity contribution < 1.29 is 19.0 Å². The van der Waals surface area contributed by atoms with Crippen molar-refractivity contribution >= 4 is 17.4 Å². The molecule has 8 heteroatoms. The number of nitrogens with one attached hydrogen (secondary N) is 1. The number of hydrogen-bond donors (Lipinski definition) is 1. The molecule has 1 unspecified atom stereocenters. The fraction of sp³-hybridized carbons (Fsp3) is 0.450. The molecular formula is C20H26N4O4. The highest BCUT2D eigenvalue weighted by Crippen LogP contribution is 2.40. The summed E-state index contributed by atoms with van der Waals surface area (Å²) >= 11 is 0. The van der Waals surface area contributed by atoms with E-state index >= 15 is 0 Å². The van der Waals surface area contributed by atoms with Gasteiger partial charge in [-0.1, -0.05) is 6.92 Å². The summed E-state index contributed by atoms with van der Waals surface area (Å²) in [6, 6.07) is 6.97. The predicted molar refractivity (Wildman–Crippen MR) is 106 cm³/mol. The van der Waals surface area contributed by atoms with Gasteiger partial charge in [-0.05, 0) is 30.9 Å². The normalized spacial score (nSPS) is 16.4. The van der Waals surface area contributed by atoms with Crippen LogP contribution in [0.5, 0.6) is 17.2 Å². The van der Waals surface area contributed by atoms with Crippen LogP contribution < -0.4 is 19.5 Å². The first-order valence-electron chi connectivity index (χ1n) is 9.25. The molecule has 1 N–H and O–H groups in total. The number of carbonyl (C=O) groups excluding carboxylic acids is 1. The fourth-order valence-corrected chi connectivity index (χ4v) is 3.35. The van der Waals surface area contributed by atoms with Gasteiger partial charge in [-0.2, -0.15) is 0 Å². The van der Waals surface area contributed by atoms with E-state index in [1.165, 1.54) is 0 Å². The number of benzene rings is 1. The van der Waals surface area contributed by atoms with Crippen molar-refractivity contribution in [1.82, 2.24) is 15.1 Å². The Morgan fingerprint density at radius 1 is 1.11 bits per heavy atom. The van der Waals surface area contributed by atoms with E-state index < -0.39 is 0 Å². The van der Waals surface area contributed by atoms with E-state index in [2.05, 4.69) is 22.4 Å². The van der Waals surface area contributed by atoms with Crippen LogP contribution in [-0.4, -0.2) is 55.4 Å². The van der Waals surface area contributed by atoms with E-state index in [0.717, 1.165) is 25.9 Å². The van der Waals surface area contributed by atoms with Gasteiger partial charge in [0.25, 0.3) is 5.91 Å². The largest absolute Gasteiger partial charge is 0.493 e. The first-order valence-corrected chi connectivity index (χ1v) is 9.25. The minimum absolute atomic E-state index is 0.0709. The summed E-state index contributed by atoms with van der Waals surface area (Å²) in [5, 5.41) is 11.4. The minimum atomic E-state index is -0.0709. The van der Waals surface area contributed by atoms with Crippen molar-refractivity contribution in [3.05, 3.63) is 30.0 Å². The van der Waals surface area contributed by atoms with E-state index in [9.17, 15) is 4.79 Å². The van der Waals surface area contributed by atoms with Crippen molar-refractivity contribution in [3.8, 4) is 17.2 Å². The first-order chi connectivity index (χ1) is 13.5. The van der Waals surface area contributed by atoms with Crippen molar-refractivity contribution in [3.63, 3.8) is 0 Å². The summed E-state index contributed by atoms with van der Waals surface area (Å²) in [6.45, 7) is 3.71. The van der Waals surface area contributed by atoms with Gasteiger partial charge >= 0.3 is 0 Å². The molecule has 1 amide bonds. The van der Waals surface area contributed by atoms with Crippen LogP contribution >= 0.6 is 0 Å². The Morgan fingerprint density at radius 3 is 2.36 bits per heavy atom. The van der Waals surface area contributed by atoms with Gasteiger partial charge in [0.1, 0.15) is 0 Å². The molecule has 0 bridgehead atoms. The third-order valence-corrected chi connectivity index (χ3v) is 4.77. The van der Waals surface area contributed by atoms with Crippen molar-refractivity contribution in [2.24, 2.45) is 5.92 Å². The smallest absolute Gasteiger partial charge is 0.274 e. The minimum Gasteiger partial charge on any atom is -0.493 e. The summed E-state index contributed by atoms with van der Waals surface area (Å²) in [5.74, 6) is 2.54. The van der Waals surface area contributed by atoms with Crippen LogP contribution in [0.3, 0.4) is 0 Å². The van der Waals surface area contributed by atoms with Crippen LogP contribution in [0.2, 0.25) is 0 Å². The van der Waals surface area contributed by atoms with E-state index in [1.54, 1.807) is 45.6 Å². The molecule has 28 heavy (non-hydrogen) atoms. The van der Waals surface area contributed by atoms with Gasteiger partial charge < -0.3 is 24.4 Å². The Bertz CT molecular complexity index is 800. The molecule has 1 saturated heterocycles. The Morgan fingerprint density at radius 2 is 1.82 bits per heavy atom.